The second-order valence-corrected chi connectivity index (χ2v) is 6.34. The summed E-state index contributed by atoms with van der Waals surface area (Å²) in [6.45, 7) is 3.58. The van der Waals surface area contributed by atoms with Crippen molar-refractivity contribution in [2.24, 2.45) is 0 Å². The van der Waals surface area contributed by atoms with Crippen LogP contribution in [0.5, 0.6) is 0 Å². The average Bonchev–Trinajstić information content (AvgIpc) is 2.58. The van der Waals surface area contributed by atoms with Crippen molar-refractivity contribution < 1.29 is 9.69 Å². The molecule has 0 atom stereocenters. The molecule has 23 heavy (non-hydrogen) atoms. The molecule has 0 bridgehead atoms. The fourth-order valence-electron chi connectivity index (χ4n) is 2.98. The molecule has 5 heteroatoms. The van der Waals surface area contributed by atoms with Crippen molar-refractivity contribution in [1.29, 1.82) is 0 Å². The maximum Gasteiger partial charge on any atom is 0.258 e. The summed E-state index contributed by atoms with van der Waals surface area (Å²) in [6, 6.07) is 11.4. The van der Waals surface area contributed by atoms with Crippen molar-refractivity contribution in [2.75, 3.05) is 18.4 Å². The predicted octanol–water partition coefficient (Wildman–Crippen LogP) is 2.56. The zero-order valence-electron chi connectivity index (χ0n) is 13.0. The van der Waals surface area contributed by atoms with E-state index in [9.17, 15) is 4.79 Å². The number of amides is 1. The fourth-order valence-corrected chi connectivity index (χ4v) is 3.18. The summed E-state index contributed by atoms with van der Waals surface area (Å²) in [7, 11) is 0. The molecule has 0 spiro atoms. The maximum absolute atomic E-state index is 12.2. The van der Waals surface area contributed by atoms with Crippen LogP contribution in [0.25, 0.3) is 0 Å². The number of halogens is 1. The molecule has 1 saturated heterocycles. The average molecular weight is 331 g/mol. The van der Waals surface area contributed by atoms with E-state index in [0.717, 1.165) is 12.2 Å². The Morgan fingerprint density at radius 1 is 1.13 bits per heavy atom. The van der Waals surface area contributed by atoms with E-state index in [4.69, 9.17) is 11.6 Å². The number of piperidine rings is 1. The number of carbonyl (C=O) groups is 1. The number of nitrogens with one attached hydrogen (secondary N) is 2. The molecule has 1 aromatic carbocycles. The van der Waals surface area contributed by atoms with E-state index in [1.165, 1.54) is 37.9 Å². The smallest absolute Gasteiger partial charge is 0.258 e. The molecule has 2 N–H and O–H groups in total. The number of anilines is 1. The highest BCUT2D eigenvalue weighted by Crippen LogP contribution is 2.15. The van der Waals surface area contributed by atoms with Crippen molar-refractivity contribution in [3.05, 3.63) is 58.9 Å². The quantitative estimate of drug-likeness (QED) is 0.846. The third-order valence-corrected chi connectivity index (χ3v) is 4.53. The Kier molecular flexibility index (Phi) is 5.26. The summed E-state index contributed by atoms with van der Waals surface area (Å²) in [5, 5.41) is 3.08. The highest BCUT2D eigenvalue weighted by atomic mass is 35.5. The summed E-state index contributed by atoms with van der Waals surface area (Å²) in [5.41, 5.74) is 2.46. The number of carbonyl (C=O) groups excluding carboxylic acids is 1. The Hall–Kier alpha value is -1.91. The summed E-state index contributed by atoms with van der Waals surface area (Å²) < 4.78 is 0. The van der Waals surface area contributed by atoms with Crippen LogP contribution in [0.3, 0.4) is 0 Å². The third-order valence-electron chi connectivity index (χ3n) is 4.23. The molecular formula is C18H21ClN3O+. The van der Waals surface area contributed by atoms with E-state index in [2.05, 4.69) is 22.4 Å². The summed E-state index contributed by atoms with van der Waals surface area (Å²) in [4.78, 5) is 17.8. The number of pyridine rings is 1. The van der Waals surface area contributed by atoms with Gasteiger partial charge in [0.1, 0.15) is 11.7 Å². The molecule has 1 aliphatic rings. The SMILES string of the molecule is O=C(Nc1ccc(C[NH+]2CCCCC2)cc1)c1cccnc1Cl. The van der Waals surface area contributed by atoms with Crippen LogP contribution in [-0.4, -0.2) is 24.0 Å². The topological polar surface area (TPSA) is 46.4 Å². The van der Waals surface area contributed by atoms with Crippen LogP contribution >= 0.6 is 11.6 Å². The molecular weight excluding hydrogens is 310 g/mol. The highest BCUT2D eigenvalue weighted by molar-refractivity contribution is 6.33. The number of benzene rings is 1. The van der Waals surface area contributed by atoms with Gasteiger partial charge in [0, 0.05) is 17.4 Å². The van der Waals surface area contributed by atoms with Crippen LogP contribution in [0.4, 0.5) is 5.69 Å². The van der Waals surface area contributed by atoms with Gasteiger partial charge < -0.3 is 10.2 Å². The van der Waals surface area contributed by atoms with Gasteiger partial charge in [0.15, 0.2) is 0 Å². The Labute approximate surface area is 141 Å². The van der Waals surface area contributed by atoms with Crippen LogP contribution < -0.4 is 10.2 Å². The summed E-state index contributed by atoms with van der Waals surface area (Å²) >= 11 is 5.94. The molecule has 0 saturated carbocycles. The second-order valence-electron chi connectivity index (χ2n) is 5.98. The van der Waals surface area contributed by atoms with Gasteiger partial charge in [-0.1, -0.05) is 23.7 Å². The zero-order valence-corrected chi connectivity index (χ0v) is 13.8. The maximum atomic E-state index is 12.2. The van der Waals surface area contributed by atoms with Crippen LogP contribution in [0.1, 0.15) is 35.2 Å². The van der Waals surface area contributed by atoms with E-state index in [1.54, 1.807) is 23.2 Å². The molecule has 1 amide bonds. The van der Waals surface area contributed by atoms with E-state index >= 15 is 0 Å². The molecule has 2 heterocycles. The van der Waals surface area contributed by atoms with E-state index in [0.29, 0.717) is 5.56 Å². The molecule has 120 valence electrons. The van der Waals surface area contributed by atoms with Gasteiger partial charge in [-0.2, -0.15) is 0 Å². The summed E-state index contributed by atoms with van der Waals surface area (Å²) in [5.74, 6) is -0.238. The van der Waals surface area contributed by atoms with Gasteiger partial charge in [0.25, 0.3) is 5.91 Å². The second kappa shape index (κ2) is 7.57. The van der Waals surface area contributed by atoms with Crippen LogP contribution in [-0.2, 0) is 6.54 Å². The number of rotatable bonds is 4. The molecule has 3 rings (SSSR count). The minimum Gasteiger partial charge on any atom is -0.331 e. The van der Waals surface area contributed by atoms with Gasteiger partial charge >= 0.3 is 0 Å². The number of hydrogen-bond donors (Lipinski definition) is 2. The van der Waals surface area contributed by atoms with Crippen molar-refractivity contribution in [2.45, 2.75) is 25.8 Å². The van der Waals surface area contributed by atoms with Crippen molar-refractivity contribution in [3.63, 3.8) is 0 Å². The van der Waals surface area contributed by atoms with Gasteiger partial charge in [0.05, 0.1) is 18.7 Å². The lowest BCUT2D eigenvalue weighted by Crippen LogP contribution is -3.11. The Bertz CT molecular complexity index is 666. The standard InChI is InChI=1S/C18H20ClN3O/c19-17-16(5-4-10-20-17)18(23)21-15-8-6-14(7-9-15)13-22-11-2-1-3-12-22/h4-10H,1-3,11-13H2,(H,21,23)/p+1. The zero-order chi connectivity index (χ0) is 16.1. The van der Waals surface area contributed by atoms with Crippen molar-refractivity contribution in [3.8, 4) is 0 Å². The Morgan fingerprint density at radius 2 is 1.87 bits per heavy atom. The first-order valence-electron chi connectivity index (χ1n) is 8.07. The van der Waals surface area contributed by atoms with Crippen LogP contribution in [0.15, 0.2) is 42.6 Å². The third kappa shape index (κ3) is 4.30. The van der Waals surface area contributed by atoms with Crippen molar-refractivity contribution >= 4 is 23.2 Å². The molecule has 4 nitrogen and oxygen atoms in total. The lowest BCUT2D eigenvalue weighted by Gasteiger charge is -2.23. The largest absolute Gasteiger partial charge is 0.331 e. The lowest BCUT2D eigenvalue weighted by atomic mass is 10.1. The highest BCUT2D eigenvalue weighted by Gasteiger charge is 2.14. The number of hydrogen-bond acceptors (Lipinski definition) is 2. The first kappa shape index (κ1) is 16.0. The van der Waals surface area contributed by atoms with Crippen LogP contribution in [0, 0.1) is 0 Å². The Balaban J connectivity index is 1.61. The number of quaternary nitrogens is 1. The van der Waals surface area contributed by atoms with Crippen molar-refractivity contribution in [1.82, 2.24) is 4.98 Å². The monoisotopic (exact) mass is 330 g/mol. The molecule has 0 radical (unpaired) electrons. The minimum atomic E-state index is -0.238. The summed E-state index contributed by atoms with van der Waals surface area (Å²) in [6.07, 6.45) is 5.59. The van der Waals surface area contributed by atoms with Gasteiger partial charge in [-0.3, -0.25) is 4.79 Å². The normalized spacial score (nSPS) is 15.3. The molecule has 1 aromatic heterocycles. The first-order chi connectivity index (χ1) is 11.2. The lowest BCUT2D eigenvalue weighted by molar-refractivity contribution is -0.918. The fraction of sp³-hybridized carbons (Fsp3) is 0.333. The van der Waals surface area contributed by atoms with Gasteiger partial charge in [0.2, 0.25) is 0 Å². The van der Waals surface area contributed by atoms with E-state index in [-0.39, 0.29) is 11.1 Å². The van der Waals surface area contributed by atoms with Gasteiger partial charge in [-0.15, -0.1) is 0 Å². The predicted molar refractivity (Wildman–Crippen MR) is 91.9 cm³/mol. The van der Waals surface area contributed by atoms with E-state index < -0.39 is 0 Å². The van der Waals surface area contributed by atoms with E-state index in [1.807, 2.05) is 12.1 Å². The van der Waals surface area contributed by atoms with Crippen LogP contribution in [0.2, 0.25) is 5.15 Å². The number of nitrogens with zero attached hydrogens (tertiary/aromatic N) is 1. The minimum absolute atomic E-state index is 0.218. The molecule has 0 unspecified atom stereocenters. The molecule has 1 aliphatic heterocycles. The number of aromatic nitrogens is 1. The number of likely N-dealkylation sites (tertiary alicyclic amines) is 1. The Morgan fingerprint density at radius 3 is 2.57 bits per heavy atom. The molecule has 0 aliphatic carbocycles. The van der Waals surface area contributed by atoms with Gasteiger partial charge in [-0.25, -0.2) is 4.98 Å². The first-order valence-corrected chi connectivity index (χ1v) is 8.44. The molecule has 2 aromatic rings. The van der Waals surface area contributed by atoms with Gasteiger partial charge in [-0.05, 0) is 43.5 Å². The molecule has 1 fully saturated rings.